The molecule has 57 heavy (non-hydrogen) atoms. The van der Waals surface area contributed by atoms with Crippen molar-refractivity contribution in [2.75, 3.05) is 45.8 Å². The average Bonchev–Trinajstić information content (AvgIpc) is 3.00. The fraction of sp³-hybridized carbons (Fsp3) is 1.00. The van der Waals surface area contributed by atoms with Gasteiger partial charge in [-0.1, -0.05) is 98.0 Å². The van der Waals surface area contributed by atoms with Crippen LogP contribution in [0.3, 0.4) is 0 Å². The summed E-state index contributed by atoms with van der Waals surface area (Å²) in [6.07, 6.45) is 10.5. The zero-order valence-electron chi connectivity index (χ0n) is 33.9. The Morgan fingerprint density at radius 2 is 0.632 bits per heavy atom. The van der Waals surface area contributed by atoms with Gasteiger partial charge in [-0.2, -0.15) is 17.6 Å². The summed E-state index contributed by atoms with van der Waals surface area (Å²) < 4.78 is 215. The van der Waals surface area contributed by atoms with Gasteiger partial charge < -0.3 is 9.38 Å². The predicted octanol–water partition coefficient (Wildman–Crippen LogP) is 14.8. The van der Waals surface area contributed by atoms with E-state index in [-0.39, 0.29) is 38.9 Å². The first-order chi connectivity index (χ1) is 25.0. The number of halogens is 18. The van der Waals surface area contributed by atoms with E-state index in [1.165, 1.54) is 82.0 Å². The van der Waals surface area contributed by atoms with Crippen LogP contribution in [0.5, 0.6) is 0 Å². The number of hydrogen-bond donors (Lipinski definition) is 0. The summed E-state index contributed by atoms with van der Waals surface area (Å²) in [5.41, 5.74) is -4.89. The first kappa shape index (κ1) is 63.5. The van der Waals surface area contributed by atoms with Crippen LogP contribution in [-0.2, 0) is 4.57 Å². The fourth-order valence-corrected chi connectivity index (χ4v) is 5.90. The Labute approximate surface area is 330 Å². The number of unbranched alkanes of at least 4 members (excludes halogenated alkanes) is 7. The van der Waals surface area contributed by atoms with Gasteiger partial charge in [0.15, 0.2) is 0 Å². The van der Waals surface area contributed by atoms with Crippen molar-refractivity contribution in [3.05, 3.63) is 0 Å². The van der Waals surface area contributed by atoms with Crippen molar-refractivity contribution in [1.29, 1.82) is 0 Å². The van der Waals surface area contributed by atoms with Gasteiger partial charge >= 0.3 is 95.6 Å². The molecule has 0 saturated heterocycles. The Morgan fingerprint density at radius 3 is 0.807 bits per heavy atom. The Bertz CT molecular complexity index is 1000. The molecule has 0 aliphatic carbocycles. The van der Waals surface area contributed by atoms with Crippen molar-refractivity contribution in [1.82, 2.24) is 0 Å². The first-order valence-corrected chi connectivity index (χ1v) is 28.8. The minimum absolute atomic E-state index is 0.241. The van der Waals surface area contributed by atoms with Gasteiger partial charge in [-0.25, -0.2) is 0 Å². The first-order valence-electron chi connectivity index (χ1n) is 19.1. The molecule has 0 spiro atoms. The van der Waals surface area contributed by atoms with Gasteiger partial charge in [0.25, 0.3) is 0 Å². The third-order valence-corrected chi connectivity index (χ3v) is 9.19. The van der Waals surface area contributed by atoms with Crippen LogP contribution in [0.2, 0.25) is 0 Å². The molecule has 0 amide bonds. The SMILES string of the molecule is CCCC[N+](CCCC)(CCCC)C(F)(F)C(F)(F)CC(F)(F)[P+](=O)[O-].CCCC[N+](CCCC)(CCCC)CCCC.F[As-](F)(F)(F)(F)F.F[As-](F)(F)(F)(F)F. The molecule has 0 aromatic carbocycles. The van der Waals surface area contributed by atoms with Crippen molar-refractivity contribution in [2.24, 2.45) is 0 Å². The summed E-state index contributed by atoms with van der Waals surface area (Å²) in [5.74, 6) is -5.15. The maximum atomic E-state index is 15.0. The number of rotatable bonds is 26. The van der Waals surface area contributed by atoms with Crippen LogP contribution < -0.4 is 4.89 Å². The summed E-state index contributed by atoms with van der Waals surface area (Å²) in [6, 6.07) is -4.79. The zero-order valence-corrected chi connectivity index (χ0v) is 38.6. The van der Waals surface area contributed by atoms with Crippen LogP contribution in [0.4, 0.5) is 67.9 Å². The van der Waals surface area contributed by atoms with Crippen LogP contribution in [0, 0.1) is 0 Å². The monoisotopic (exact) mass is 1030 g/mol. The van der Waals surface area contributed by atoms with Crippen molar-refractivity contribution in [3.63, 3.8) is 0 Å². The molecule has 0 N–H and O–H groups in total. The molecule has 4 nitrogen and oxygen atoms in total. The second-order valence-corrected chi connectivity index (χ2v) is 23.5. The van der Waals surface area contributed by atoms with Gasteiger partial charge in [0, 0.05) is 0 Å². The van der Waals surface area contributed by atoms with Crippen LogP contribution in [0.15, 0.2) is 0 Å². The van der Waals surface area contributed by atoms with E-state index >= 15 is 0 Å². The molecule has 356 valence electrons. The second-order valence-electron chi connectivity index (χ2n) is 14.3. The van der Waals surface area contributed by atoms with E-state index in [0.717, 1.165) is 0 Å². The van der Waals surface area contributed by atoms with Crippen LogP contribution in [0.1, 0.15) is 145 Å². The Kier molecular flexibility index (Phi) is 26.0. The number of quaternary nitrogens is 2. The molecule has 25 heteroatoms. The van der Waals surface area contributed by atoms with Crippen molar-refractivity contribution in [2.45, 2.75) is 162 Å². The molecule has 0 saturated carbocycles. The molecule has 0 radical (unpaired) electrons. The molecular weight excluding hydrogens is 967 g/mol. The Morgan fingerprint density at radius 1 is 0.439 bits per heavy atom. The van der Waals surface area contributed by atoms with Gasteiger partial charge in [-0.15, -0.1) is 8.78 Å². The summed E-state index contributed by atoms with van der Waals surface area (Å²) >= 11 is -22.1. The van der Waals surface area contributed by atoms with E-state index in [4.69, 9.17) is 0 Å². The standard InChI is InChI=1S/C16H29F6NO2P.C16H36N.2AsF6/c1-4-7-10-23(11-8-5-2,12-9-6-3)16(21,22)14(17,18)13-15(19,20)26(24)25;1-5-9-13-17(14-10-6-2,15-11-7-3)16-12-8-4;2*2-1(3,4,5,6)7/h4-13H2,1-3H3;5-16H2,1-4H3;;/q2*+1;2*-1. The van der Waals surface area contributed by atoms with Crippen molar-refractivity contribution < 1.29 is 86.4 Å². The number of nitrogens with zero attached hydrogens (tertiary/aromatic N) is 2. The normalized spacial score (nSPS) is 15.9. The van der Waals surface area contributed by atoms with Crippen LogP contribution >= 0.6 is 8.03 Å². The van der Waals surface area contributed by atoms with Gasteiger partial charge in [0.1, 0.15) is 6.42 Å². The fourth-order valence-electron chi connectivity index (χ4n) is 5.57. The minimum atomic E-state index is -11.1. The van der Waals surface area contributed by atoms with Gasteiger partial charge in [-0.05, 0) is 44.9 Å². The van der Waals surface area contributed by atoms with Gasteiger partial charge in [0.05, 0.1) is 45.8 Å². The number of alkyl halides is 6. The maximum absolute atomic E-state index is 15.0. The van der Waals surface area contributed by atoms with Gasteiger partial charge in [-0.3, -0.25) is 4.48 Å². The summed E-state index contributed by atoms with van der Waals surface area (Å²) in [6.45, 7) is 19.4. The van der Waals surface area contributed by atoms with E-state index in [2.05, 4.69) is 27.7 Å². The molecule has 0 heterocycles. The van der Waals surface area contributed by atoms with E-state index in [1.54, 1.807) is 20.8 Å². The molecular formula is C32H65As2F18N2O2P. The van der Waals surface area contributed by atoms with E-state index in [0.29, 0.717) is 19.3 Å². The average molecular weight is 1030 g/mol. The summed E-state index contributed by atoms with van der Waals surface area (Å²) in [4.78, 5) is 10.5. The summed E-state index contributed by atoms with van der Waals surface area (Å²) in [5, 5.41) is 0. The van der Waals surface area contributed by atoms with Gasteiger partial charge in [0.2, 0.25) is 0 Å². The molecule has 1 unspecified atom stereocenters. The Hall–Kier alpha value is -0.163. The zero-order chi connectivity index (χ0) is 46.5. The van der Waals surface area contributed by atoms with E-state index in [9.17, 15) is 77.4 Å². The van der Waals surface area contributed by atoms with Crippen LogP contribution in [-0.4, -0.2) is 101 Å². The molecule has 0 aromatic heterocycles. The molecule has 0 bridgehead atoms. The molecule has 0 rings (SSSR count). The van der Waals surface area contributed by atoms with Crippen molar-refractivity contribution in [3.8, 4) is 0 Å². The summed E-state index contributed by atoms with van der Waals surface area (Å²) in [7, 11) is -4.58. The van der Waals surface area contributed by atoms with Crippen LogP contribution in [0.25, 0.3) is 0 Å². The van der Waals surface area contributed by atoms with E-state index in [1.807, 2.05) is 0 Å². The third kappa shape index (κ3) is 38.5. The van der Waals surface area contributed by atoms with Crippen molar-refractivity contribution >= 4 is 36.4 Å². The second kappa shape index (κ2) is 23.3. The quantitative estimate of drug-likeness (QED) is 0.0285. The molecule has 0 fully saturated rings. The Balaban J connectivity index is -0.000000383. The number of hydrogen-bond acceptors (Lipinski definition) is 2. The molecule has 0 aliphatic heterocycles. The topological polar surface area (TPSA) is 40.1 Å². The van der Waals surface area contributed by atoms with E-state index < -0.39 is 64.9 Å². The predicted molar refractivity (Wildman–Crippen MR) is 191 cm³/mol. The molecule has 1 atom stereocenters. The molecule has 0 aliphatic rings. The third-order valence-electron chi connectivity index (χ3n) is 8.50. The molecule has 0 aromatic rings.